The number of nitrogens with zero attached hydrogens (tertiary/aromatic N) is 1. The van der Waals surface area contributed by atoms with Crippen LogP contribution >= 0.6 is 27.7 Å². The van der Waals surface area contributed by atoms with Crippen molar-refractivity contribution in [3.63, 3.8) is 0 Å². The highest BCUT2D eigenvalue weighted by Crippen LogP contribution is 2.32. The van der Waals surface area contributed by atoms with Gasteiger partial charge in [-0.05, 0) is 73.1 Å². The number of halogens is 1. The van der Waals surface area contributed by atoms with Crippen molar-refractivity contribution in [2.75, 3.05) is 11.9 Å². The van der Waals surface area contributed by atoms with Crippen molar-refractivity contribution < 1.29 is 19.1 Å². The summed E-state index contributed by atoms with van der Waals surface area (Å²) >= 11 is 4.15. The molecule has 3 amide bonds. The molecule has 0 unspecified atom stereocenters. The number of carbonyl (C=O) groups is 3. The first-order chi connectivity index (χ1) is 14.4. The number of carbonyl (C=O) groups excluding carboxylic acids is 3. The summed E-state index contributed by atoms with van der Waals surface area (Å²) in [6.45, 7) is 3.71. The molecular weight excluding hydrogens is 468 g/mol. The molecule has 0 radical (unpaired) electrons. The summed E-state index contributed by atoms with van der Waals surface area (Å²) in [7, 11) is 0. The van der Waals surface area contributed by atoms with E-state index < -0.39 is 17.1 Å². The maximum atomic E-state index is 12.6. The van der Waals surface area contributed by atoms with E-state index in [2.05, 4.69) is 21.2 Å². The first-order valence-electron chi connectivity index (χ1n) is 9.43. The summed E-state index contributed by atoms with van der Waals surface area (Å²) in [4.78, 5) is 38.3. The van der Waals surface area contributed by atoms with Crippen molar-refractivity contribution in [2.45, 2.75) is 26.4 Å². The zero-order chi connectivity index (χ0) is 21.7. The number of thioether (sulfide) groups is 1. The number of rotatable bonds is 7. The number of amides is 3. The molecule has 1 N–H and O–H groups in total. The Bertz CT molecular complexity index is 974. The Kier molecular flexibility index (Phi) is 7.33. The van der Waals surface area contributed by atoms with Gasteiger partial charge in [0, 0.05) is 10.2 Å². The van der Waals surface area contributed by atoms with Crippen molar-refractivity contribution >= 4 is 56.5 Å². The molecule has 2 aromatic rings. The summed E-state index contributed by atoms with van der Waals surface area (Å²) in [6.07, 6.45) is 2.67. The van der Waals surface area contributed by atoms with Gasteiger partial charge in [0.15, 0.2) is 0 Å². The third-order valence-corrected chi connectivity index (χ3v) is 5.83. The first-order valence-corrected chi connectivity index (χ1v) is 11.0. The van der Waals surface area contributed by atoms with E-state index in [9.17, 15) is 14.4 Å². The fourth-order valence-corrected chi connectivity index (χ4v) is 3.73. The van der Waals surface area contributed by atoms with Gasteiger partial charge in [-0.15, -0.1) is 0 Å². The van der Waals surface area contributed by atoms with Gasteiger partial charge in [-0.25, -0.2) is 0 Å². The van der Waals surface area contributed by atoms with E-state index in [1.807, 2.05) is 38.1 Å². The third kappa shape index (κ3) is 5.73. The molecule has 0 bridgehead atoms. The SMILES string of the molecule is CC[C@H](C)Oc1ccc(/C=C2\SC(=O)N(CC(=O)Nc3ccc(Br)cc3)C2=O)cc1. The van der Waals surface area contributed by atoms with Crippen LogP contribution in [0.25, 0.3) is 6.08 Å². The number of imide groups is 1. The average molecular weight is 489 g/mol. The minimum absolute atomic E-state index is 0.121. The van der Waals surface area contributed by atoms with Crippen LogP contribution in [0.4, 0.5) is 10.5 Å². The molecule has 8 heteroatoms. The predicted octanol–water partition coefficient (Wildman–Crippen LogP) is 5.30. The van der Waals surface area contributed by atoms with Crippen LogP contribution in [0.3, 0.4) is 0 Å². The Morgan fingerprint density at radius 2 is 1.83 bits per heavy atom. The number of benzene rings is 2. The molecule has 1 aliphatic rings. The Hall–Kier alpha value is -2.58. The molecule has 6 nitrogen and oxygen atoms in total. The Labute approximate surface area is 187 Å². The summed E-state index contributed by atoms with van der Waals surface area (Å²) in [5.74, 6) is -0.164. The van der Waals surface area contributed by atoms with Gasteiger partial charge in [0.25, 0.3) is 11.1 Å². The monoisotopic (exact) mass is 488 g/mol. The van der Waals surface area contributed by atoms with Gasteiger partial charge in [-0.3, -0.25) is 19.3 Å². The molecule has 1 fully saturated rings. The molecule has 156 valence electrons. The van der Waals surface area contributed by atoms with Crippen molar-refractivity contribution in [3.8, 4) is 5.75 Å². The molecule has 0 aliphatic carbocycles. The van der Waals surface area contributed by atoms with Gasteiger partial charge in [0.1, 0.15) is 12.3 Å². The smallest absolute Gasteiger partial charge is 0.294 e. The molecule has 1 saturated heterocycles. The fraction of sp³-hybridized carbons (Fsp3) is 0.227. The van der Waals surface area contributed by atoms with Crippen LogP contribution in [-0.4, -0.2) is 34.6 Å². The van der Waals surface area contributed by atoms with Gasteiger partial charge >= 0.3 is 0 Å². The largest absolute Gasteiger partial charge is 0.491 e. The van der Waals surface area contributed by atoms with E-state index in [1.54, 1.807) is 30.3 Å². The maximum Gasteiger partial charge on any atom is 0.294 e. The van der Waals surface area contributed by atoms with Crippen molar-refractivity contribution in [1.29, 1.82) is 0 Å². The van der Waals surface area contributed by atoms with Crippen LogP contribution in [0, 0.1) is 0 Å². The predicted molar refractivity (Wildman–Crippen MR) is 122 cm³/mol. The standard InChI is InChI=1S/C22H21BrN2O4S/c1-3-14(2)29-18-10-4-15(5-11-18)12-19-21(27)25(22(28)30-19)13-20(26)24-17-8-6-16(23)7-9-17/h4-12,14H,3,13H2,1-2H3,(H,24,26)/b19-12-/t14-/m0/s1. The highest BCUT2D eigenvalue weighted by atomic mass is 79.9. The van der Waals surface area contributed by atoms with Crippen LogP contribution < -0.4 is 10.1 Å². The summed E-state index contributed by atoms with van der Waals surface area (Å²) in [6, 6.07) is 14.3. The molecule has 1 atom stereocenters. The van der Waals surface area contributed by atoms with Gasteiger partial charge in [0.05, 0.1) is 11.0 Å². The molecule has 0 saturated carbocycles. The molecule has 0 spiro atoms. The molecule has 1 aliphatic heterocycles. The quantitative estimate of drug-likeness (QED) is 0.535. The van der Waals surface area contributed by atoms with E-state index >= 15 is 0 Å². The minimum Gasteiger partial charge on any atom is -0.491 e. The number of nitrogens with one attached hydrogen (secondary N) is 1. The van der Waals surface area contributed by atoms with Crippen molar-refractivity contribution in [2.24, 2.45) is 0 Å². The van der Waals surface area contributed by atoms with E-state index in [1.165, 1.54) is 0 Å². The Morgan fingerprint density at radius 3 is 2.47 bits per heavy atom. The molecule has 0 aromatic heterocycles. The maximum absolute atomic E-state index is 12.6. The van der Waals surface area contributed by atoms with E-state index in [0.29, 0.717) is 5.69 Å². The van der Waals surface area contributed by atoms with Gasteiger partial charge in [0.2, 0.25) is 5.91 Å². The lowest BCUT2D eigenvalue weighted by Gasteiger charge is -2.12. The highest BCUT2D eigenvalue weighted by molar-refractivity contribution is 9.10. The lowest BCUT2D eigenvalue weighted by Crippen LogP contribution is -2.36. The highest BCUT2D eigenvalue weighted by Gasteiger charge is 2.36. The van der Waals surface area contributed by atoms with E-state index in [4.69, 9.17) is 4.74 Å². The third-order valence-electron chi connectivity index (χ3n) is 4.39. The molecule has 3 rings (SSSR count). The van der Waals surface area contributed by atoms with Crippen molar-refractivity contribution in [3.05, 3.63) is 63.5 Å². The van der Waals surface area contributed by atoms with Crippen LogP contribution in [0.2, 0.25) is 0 Å². The number of hydrogen-bond donors (Lipinski definition) is 1. The summed E-state index contributed by atoms with van der Waals surface area (Å²) in [5, 5.41) is 2.22. The Morgan fingerprint density at radius 1 is 1.17 bits per heavy atom. The van der Waals surface area contributed by atoms with E-state index in [-0.39, 0.29) is 17.6 Å². The van der Waals surface area contributed by atoms with Gasteiger partial charge in [-0.1, -0.05) is 35.0 Å². The van der Waals surface area contributed by atoms with Crippen LogP contribution in [0.1, 0.15) is 25.8 Å². The second-order valence-electron chi connectivity index (χ2n) is 6.73. The van der Waals surface area contributed by atoms with Crippen molar-refractivity contribution in [1.82, 2.24) is 4.90 Å². The van der Waals surface area contributed by atoms with Gasteiger partial charge < -0.3 is 10.1 Å². The van der Waals surface area contributed by atoms with Crippen LogP contribution in [0.15, 0.2) is 57.9 Å². The normalized spacial score (nSPS) is 16.1. The molecule has 30 heavy (non-hydrogen) atoms. The Balaban J connectivity index is 1.63. The average Bonchev–Trinajstić information content (AvgIpc) is 2.98. The van der Waals surface area contributed by atoms with Crippen LogP contribution in [0.5, 0.6) is 5.75 Å². The second-order valence-corrected chi connectivity index (χ2v) is 8.64. The zero-order valence-corrected chi connectivity index (χ0v) is 19.0. The molecule has 2 aromatic carbocycles. The molecule has 1 heterocycles. The fourth-order valence-electron chi connectivity index (χ4n) is 2.62. The van der Waals surface area contributed by atoms with Gasteiger partial charge in [-0.2, -0.15) is 0 Å². The topological polar surface area (TPSA) is 75.7 Å². The second kappa shape index (κ2) is 9.95. The summed E-state index contributed by atoms with van der Waals surface area (Å²) < 4.78 is 6.63. The lowest BCUT2D eigenvalue weighted by atomic mass is 10.2. The summed E-state index contributed by atoms with van der Waals surface area (Å²) in [5.41, 5.74) is 1.36. The first kappa shape index (κ1) is 22.1. The minimum atomic E-state index is -0.476. The molecular formula is C22H21BrN2O4S. The lowest BCUT2D eigenvalue weighted by molar-refractivity contribution is -0.127. The van der Waals surface area contributed by atoms with E-state index in [0.717, 1.165) is 38.9 Å². The zero-order valence-electron chi connectivity index (χ0n) is 16.6. The van der Waals surface area contributed by atoms with Crippen LogP contribution in [-0.2, 0) is 9.59 Å². The number of anilines is 1. The number of ether oxygens (including phenoxy) is 1. The number of hydrogen-bond acceptors (Lipinski definition) is 5.